The Hall–Kier alpha value is -0.940. The normalized spacial score (nSPS) is 46.8. The SMILES string of the molecule is COCC1C[C@@H]2[C@@H](CC[C@]3(C)C(=O)CC[C@@H]23)[C@@]2(C)CCC(=NOCCN)CC12. The highest BCUT2D eigenvalue weighted by atomic mass is 16.6. The molecule has 5 nitrogen and oxygen atoms in total. The number of rotatable bonds is 5. The number of nitrogens with zero attached hydrogens (tertiary/aromatic N) is 1. The van der Waals surface area contributed by atoms with Crippen LogP contribution in [0.5, 0.6) is 0 Å². The van der Waals surface area contributed by atoms with E-state index < -0.39 is 0 Å². The first-order chi connectivity index (χ1) is 13.4. The van der Waals surface area contributed by atoms with E-state index >= 15 is 0 Å². The molecule has 5 heteroatoms. The number of hydrogen-bond acceptors (Lipinski definition) is 5. The van der Waals surface area contributed by atoms with Crippen molar-refractivity contribution in [2.75, 3.05) is 26.9 Å². The Morgan fingerprint density at radius 3 is 2.71 bits per heavy atom. The van der Waals surface area contributed by atoms with Crippen LogP contribution in [0.2, 0.25) is 0 Å². The van der Waals surface area contributed by atoms with E-state index in [0.717, 1.165) is 44.6 Å². The molecule has 4 rings (SSSR count). The van der Waals surface area contributed by atoms with Crippen LogP contribution in [0.1, 0.15) is 65.2 Å². The molecular formula is C23H38N2O3. The summed E-state index contributed by atoms with van der Waals surface area (Å²) in [4.78, 5) is 18.1. The van der Waals surface area contributed by atoms with Crippen LogP contribution in [-0.4, -0.2) is 38.4 Å². The van der Waals surface area contributed by atoms with Gasteiger partial charge in [-0.25, -0.2) is 0 Å². The van der Waals surface area contributed by atoms with Crippen LogP contribution in [0.25, 0.3) is 0 Å². The van der Waals surface area contributed by atoms with E-state index in [1.54, 1.807) is 0 Å². The molecule has 0 saturated heterocycles. The van der Waals surface area contributed by atoms with Gasteiger partial charge in [-0.15, -0.1) is 0 Å². The summed E-state index contributed by atoms with van der Waals surface area (Å²) in [6.45, 7) is 6.62. The highest BCUT2D eigenvalue weighted by Gasteiger charge is 2.61. The fraction of sp³-hybridized carbons (Fsp3) is 0.913. The molecule has 4 aliphatic carbocycles. The maximum absolute atomic E-state index is 12.7. The van der Waals surface area contributed by atoms with Crippen molar-refractivity contribution in [2.24, 2.45) is 51.3 Å². The standard InChI is InChI=1S/C23H38N2O3/c1-22-8-6-16(25-28-11-10-24)13-20(22)15(14-27-3)12-17-18-4-5-21(26)23(18,2)9-7-19(17)22/h15,17-20H,4-14,24H2,1-3H3/t15?,17-,18-,19+,20?,22+,23-/m0/s1. The van der Waals surface area contributed by atoms with E-state index in [-0.39, 0.29) is 5.41 Å². The van der Waals surface area contributed by atoms with Crippen LogP contribution >= 0.6 is 0 Å². The van der Waals surface area contributed by atoms with Gasteiger partial charge in [-0.3, -0.25) is 4.79 Å². The molecule has 28 heavy (non-hydrogen) atoms. The molecule has 0 amide bonds. The molecule has 0 aliphatic heterocycles. The van der Waals surface area contributed by atoms with Gasteiger partial charge >= 0.3 is 0 Å². The lowest BCUT2D eigenvalue weighted by Gasteiger charge is -2.61. The largest absolute Gasteiger partial charge is 0.395 e. The molecule has 158 valence electrons. The summed E-state index contributed by atoms with van der Waals surface area (Å²) in [5.41, 5.74) is 7.00. The zero-order valence-corrected chi connectivity index (χ0v) is 17.9. The number of ether oxygens (including phenoxy) is 1. The van der Waals surface area contributed by atoms with Crippen molar-refractivity contribution in [1.82, 2.24) is 0 Å². The van der Waals surface area contributed by atoms with Crippen LogP contribution in [0.4, 0.5) is 0 Å². The lowest BCUT2D eigenvalue weighted by atomic mass is 9.43. The van der Waals surface area contributed by atoms with Gasteiger partial charge in [0.15, 0.2) is 0 Å². The molecule has 2 unspecified atom stereocenters. The minimum absolute atomic E-state index is 0.0562. The fourth-order valence-electron chi connectivity index (χ4n) is 7.74. The lowest BCUT2D eigenvalue weighted by molar-refractivity contribution is -0.145. The summed E-state index contributed by atoms with van der Waals surface area (Å²) in [7, 11) is 1.83. The molecule has 0 radical (unpaired) electrons. The molecule has 0 aromatic rings. The number of methoxy groups -OCH3 is 1. The van der Waals surface area contributed by atoms with E-state index in [1.807, 2.05) is 7.11 Å². The Balaban J connectivity index is 1.60. The summed E-state index contributed by atoms with van der Waals surface area (Å²) in [6, 6.07) is 0. The van der Waals surface area contributed by atoms with Crippen LogP contribution in [-0.2, 0) is 14.4 Å². The van der Waals surface area contributed by atoms with Crippen molar-refractivity contribution >= 4 is 11.5 Å². The minimum atomic E-state index is -0.0562. The Labute approximate surface area is 169 Å². The van der Waals surface area contributed by atoms with E-state index in [0.29, 0.717) is 48.0 Å². The predicted octanol–water partition coefficient (Wildman–Crippen LogP) is 3.80. The zero-order chi connectivity index (χ0) is 19.9. The summed E-state index contributed by atoms with van der Waals surface area (Å²) >= 11 is 0. The molecule has 0 aromatic heterocycles. The Bertz CT molecular complexity index is 635. The topological polar surface area (TPSA) is 73.9 Å². The van der Waals surface area contributed by atoms with Gasteiger partial charge in [0.05, 0.1) is 5.71 Å². The molecule has 0 aromatic carbocycles. The second kappa shape index (κ2) is 7.71. The maximum atomic E-state index is 12.7. The number of carbonyl (C=O) groups excluding carboxylic acids is 1. The van der Waals surface area contributed by atoms with Crippen LogP contribution in [0.3, 0.4) is 0 Å². The third-order valence-electron chi connectivity index (χ3n) is 9.18. The van der Waals surface area contributed by atoms with Gasteiger partial charge < -0.3 is 15.3 Å². The summed E-state index contributed by atoms with van der Waals surface area (Å²) in [5.74, 6) is 3.68. The fourth-order valence-corrected chi connectivity index (χ4v) is 7.74. The Morgan fingerprint density at radius 2 is 1.96 bits per heavy atom. The first-order valence-electron chi connectivity index (χ1n) is 11.3. The molecule has 4 aliphatic rings. The molecule has 4 fully saturated rings. The van der Waals surface area contributed by atoms with Crippen LogP contribution in [0, 0.1) is 40.4 Å². The number of carbonyl (C=O) groups is 1. The molecule has 2 N–H and O–H groups in total. The second-order valence-corrected chi connectivity index (χ2v) is 10.3. The average molecular weight is 391 g/mol. The number of Topliss-reactive ketones (excluding diaryl/α,β-unsaturated/α-hetero) is 1. The molecule has 0 bridgehead atoms. The van der Waals surface area contributed by atoms with Crippen LogP contribution in [0.15, 0.2) is 5.16 Å². The molecule has 4 saturated carbocycles. The second-order valence-electron chi connectivity index (χ2n) is 10.3. The smallest absolute Gasteiger partial charge is 0.139 e. The number of nitrogens with two attached hydrogens (primary N) is 1. The van der Waals surface area contributed by atoms with Crippen molar-refractivity contribution in [2.45, 2.75) is 65.2 Å². The molecular weight excluding hydrogens is 352 g/mol. The van der Waals surface area contributed by atoms with Crippen molar-refractivity contribution in [3.05, 3.63) is 0 Å². The summed E-state index contributed by atoms with van der Waals surface area (Å²) in [6.07, 6.45) is 8.66. The quantitative estimate of drug-likeness (QED) is 0.572. The van der Waals surface area contributed by atoms with Gasteiger partial charge in [0.1, 0.15) is 12.4 Å². The first kappa shape index (κ1) is 20.3. The average Bonchev–Trinajstić information content (AvgIpc) is 2.98. The monoisotopic (exact) mass is 390 g/mol. The van der Waals surface area contributed by atoms with Crippen molar-refractivity contribution in [3.63, 3.8) is 0 Å². The van der Waals surface area contributed by atoms with Crippen molar-refractivity contribution in [1.29, 1.82) is 0 Å². The van der Waals surface area contributed by atoms with Crippen molar-refractivity contribution < 1.29 is 14.4 Å². The Morgan fingerprint density at radius 1 is 1.14 bits per heavy atom. The van der Waals surface area contributed by atoms with Gasteiger partial charge in [0, 0.05) is 32.1 Å². The van der Waals surface area contributed by atoms with E-state index in [4.69, 9.17) is 15.3 Å². The number of fused-ring (bicyclic) bond motifs is 5. The predicted molar refractivity (Wildman–Crippen MR) is 110 cm³/mol. The van der Waals surface area contributed by atoms with Gasteiger partial charge in [-0.1, -0.05) is 19.0 Å². The number of oxime groups is 1. The number of ketones is 1. The third-order valence-corrected chi connectivity index (χ3v) is 9.18. The van der Waals surface area contributed by atoms with E-state index in [2.05, 4.69) is 19.0 Å². The van der Waals surface area contributed by atoms with Crippen LogP contribution < -0.4 is 5.73 Å². The molecule has 0 spiro atoms. The summed E-state index contributed by atoms with van der Waals surface area (Å²) < 4.78 is 5.69. The number of hydrogen-bond donors (Lipinski definition) is 1. The highest BCUT2D eigenvalue weighted by Crippen LogP contribution is 2.66. The Kier molecular flexibility index (Phi) is 5.60. The maximum Gasteiger partial charge on any atom is 0.139 e. The van der Waals surface area contributed by atoms with Gasteiger partial charge in [-0.2, -0.15) is 0 Å². The lowest BCUT2D eigenvalue weighted by Crippen LogP contribution is -2.57. The highest BCUT2D eigenvalue weighted by molar-refractivity contribution is 5.87. The third kappa shape index (κ3) is 3.13. The molecule has 7 atom stereocenters. The molecule has 0 heterocycles. The van der Waals surface area contributed by atoms with E-state index in [9.17, 15) is 4.79 Å². The van der Waals surface area contributed by atoms with Crippen molar-refractivity contribution in [3.8, 4) is 0 Å². The minimum Gasteiger partial charge on any atom is -0.395 e. The van der Waals surface area contributed by atoms with Gasteiger partial charge in [0.25, 0.3) is 0 Å². The van der Waals surface area contributed by atoms with Gasteiger partial charge in [0.2, 0.25) is 0 Å². The van der Waals surface area contributed by atoms with Gasteiger partial charge in [-0.05, 0) is 80.0 Å². The zero-order valence-electron chi connectivity index (χ0n) is 17.9. The van der Waals surface area contributed by atoms with E-state index in [1.165, 1.54) is 25.0 Å². The first-order valence-corrected chi connectivity index (χ1v) is 11.3. The summed E-state index contributed by atoms with van der Waals surface area (Å²) in [5, 5.41) is 4.42.